The third kappa shape index (κ3) is 3.27. The molecular formula is C13H21N3O4. The molecule has 2 aliphatic rings. The van der Waals surface area contributed by atoms with Gasteiger partial charge in [0.25, 0.3) is 0 Å². The molecule has 2 rings (SSSR count). The zero-order valence-corrected chi connectivity index (χ0v) is 11.4. The molecule has 1 aliphatic carbocycles. The normalized spacial score (nSPS) is 30.8. The van der Waals surface area contributed by atoms with Crippen LogP contribution in [0.3, 0.4) is 0 Å². The Morgan fingerprint density at radius 2 is 2.15 bits per heavy atom. The quantitative estimate of drug-likeness (QED) is 0.634. The van der Waals surface area contributed by atoms with Gasteiger partial charge in [0.2, 0.25) is 11.8 Å². The Bertz CT molecular complexity index is 412. The number of aliphatic carboxylic acids is 1. The van der Waals surface area contributed by atoms with Gasteiger partial charge in [-0.1, -0.05) is 6.42 Å². The molecule has 1 aliphatic heterocycles. The van der Waals surface area contributed by atoms with E-state index >= 15 is 0 Å². The number of hydrogen-bond donors (Lipinski definition) is 3. The second-order valence-electron chi connectivity index (χ2n) is 5.56. The van der Waals surface area contributed by atoms with Crippen LogP contribution in [0, 0.1) is 5.92 Å². The lowest BCUT2D eigenvalue weighted by Crippen LogP contribution is -2.59. The highest BCUT2D eigenvalue weighted by Gasteiger charge is 2.38. The number of nitrogens with two attached hydrogens (primary N) is 1. The van der Waals surface area contributed by atoms with Crippen molar-refractivity contribution in [3.8, 4) is 0 Å². The number of hydrogen-bond acceptors (Lipinski definition) is 4. The highest BCUT2D eigenvalue weighted by Crippen LogP contribution is 2.26. The maximum atomic E-state index is 12.5. The lowest BCUT2D eigenvalue weighted by atomic mass is 9.84. The predicted molar refractivity (Wildman–Crippen MR) is 70.7 cm³/mol. The van der Waals surface area contributed by atoms with Gasteiger partial charge < -0.3 is 21.1 Å². The van der Waals surface area contributed by atoms with E-state index in [0.717, 1.165) is 19.3 Å². The Labute approximate surface area is 117 Å². The van der Waals surface area contributed by atoms with Gasteiger partial charge in [-0.05, 0) is 19.3 Å². The number of nitrogens with zero attached hydrogens (tertiary/aromatic N) is 1. The van der Waals surface area contributed by atoms with Gasteiger partial charge in [-0.25, -0.2) is 0 Å². The summed E-state index contributed by atoms with van der Waals surface area (Å²) in [5, 5.41) is 11.5. The van der Waals surface area contributed by atoms with Crippen molar-refractivity contribution in [3.05, 3.63) is 0 Å². The smallest absolute Gasteiger partial charge is 0.305 e. The number of nitrogens with one attached hydrogen (secondary N) is 1. The van der Waals surface area contributed by atoms with Gasteiger partial charge in [-0.2, -0.15) is 0 Å². The maximum absolute atomic E-state index is 12.5. The first kappa shape index (κ1) is 14.8. The van der Waals surface area contributed by atoms with Gasteiger partial charge in [0, 0.05) is 25.0 Å². The van der Waals surface area contributed by atoms with E-state index in [1.54, 1.807) is 0 Å². The summed E-state index contributed by atoms with van der Waals surface area (Å²) in [7, 11) is 0. The zero-order valence-electron chi connectivity index (χ0n) is 11.4. The van der Waals surface area contributed by atoms with Crippen molar-refractivity contribution in [2.45, 2.75) is 44.2 Å². The van der Waals surface area contributed by atoms with Crippen LogP contribution in [0.2, 0.25) is 0 Å². The number of amides is 2. The lowest BCUT2D eigenvalue weighted by molar-refractivity contribution is -0.151. The Morgan fingerprint density at radius 1 is 1.40 bits per heavy atom. The van der Waals surface area contributed by atoms with E-state index in [1.807, 2.05) is 0 Å². The summed E-state index contributed by atoms with van der Waals surface area (Å²) in [5.74, 6) is -1.76. The molecule has 3 atom stereocenters. The van der Waals surface area contributed by atoms with Gasteiger partial charge in [0.1, 0.15) is 6.04 Å². The van der Waals surface area contributed by atoms with Gasteiger partial charge in [-0.15, -0.1) is 0 Å². The molecule has 1 heterocycles. The average Bonchev–Trinajstić information content (AvgIpc) is 2.40. The van der Waals surface area contributed by atoms with Crippen LogP contribution in [-0.2, 0) is 14.4 Å². The standard InChI is InChI=1S/C13H21N3O4/c14-9-3-1-2-8(6-9)13(20)16-5-4-15-12(19)10(16)7-11(17)18/h8-10H,1-7,14H2,(H,15,19)(H,17,18). The zero-order chi connectivity index (χ0) is 14.7. The fourth-order valence-corrected chi connectivity index (χ4v) is 3.03. The number of carbonyl (C=O) groups is 3. The van der Waals surface area contributed by atoms with E-state index in [9.17, 15) is 14.4 Å². The summed E-state index contributed by atoms with van der Waals surface area (Å²) < 4.78 is 0. The minimum atomic E-state index is -1.08. The molecule has 1 saturated heterocycles. The van der Waals surface area contributed by atoms with Crippen LogP contribution in [0.4, 0.5) is 0 Å². The van der Waals surface area contributed by atoms with Gasteiger partial charge in [-0.3, -0.25) is 14.4 Å². The van der Waals surface area contributed by atoms with Crippen LogP contribution in [0.25, 0.3) is 0 Å². The van der Waals surface area contributed by atoms with Gasteiger partial charge in [0.05, 0.1) is 6.42 Å². The molecule has 7 heteroatoms. The van der Waals surface area contributed by atoms with Crippen molar-refractivity contribution in [1.82, 2.24) is 10.2 Å². The molecule has 4 N–H and O–H groups in total. The van der Waals surface area contributed by atoms with Crippen molar-refractivity contribution in [3.63, 3.8) is 0 Å². The topological polar surface area (TPSA) is 113 Å². The molecule has 7 nitrogen and oxygen atoms in total. The SMILES string of the molecule is NC1CCCC(C(=O)N2CCNC(=O)C2CC(=O)O)C1. The van der Waals surface area contributed by atoms with Gasteiger partial charge >= 0.3 is 5.97 Å². The molecule has 3 unspecified atom stereocenters. The second kappa shape index (κ2) is 6.21. The minimum Gasteiger partial charge on any atom is -0.481 e. The Hall–Kier alpha value is -1.63. The number of carbonyl (C=O) groups excluding carboxylic acids is 2. The third-order valence-electron chi connectivity index (χ3n) is 4.05. The van der Waals surface area contributed by atoms with Gasteiger partial charge in [0.15, 0.2) is 0 Å². The average molecular weight is 283 g/mol. The molecule has 0 aromatic heterocycles. The molecular weight excluding hydrogens is 262 g/mol. The predicted octanol–water partition coefficient (Wildman–Crippen LogP) is -0.694. The maximum Gasteiger partial charge on any atom is 0.305 e. The summed E-state index contributed by atoms with van der Waals surface area (Å²) in [4.78, 5) is 36.6. The third-order valence-corrected chi connectivity index (χ3v) is 4.05. The highest BCUT2D eigenvalue weighted by molar-refractivity contribution is 5.92. The first-order valence-corrected chi connectivity index (χ1v) is 7.04. The Balaban J connectivity index is 2.08. The summed E-state index contributed by atoms with van der Waals surface area (Å²) in [6.45, 7) is 0.744. The molecule has 112 valence electrons. The summed E-state index contributed by atoms with van der Waals surface area (Å²) in [5.41, 5.74) is 5.89. The van der Waals surface area contributed by atoms with Crippen LogP contribution < -0.4 is 11.1 Å². The van der Waals surface area contributed by atoms with E-state index in [2.05, 4.69) is 5.32 Å². The van der Waals surface area contributed by atoms with Crippen LogP contribution in [0.5, 0.6) is 0 Å². The molecule has 0 bridgehead atoms. The minimum absolute atomic E-state index is 0.0224. The van der Waals surface area contributed by atoms with Crippen molar-refractivity contribution in [1.29, 1.82) is 0 Å². The second-order valence-corrected chi connectivity index (χ2v) is 5.56. The number of rotatable bonds is 3. The van der Waals surface area contributed by atoms with Crippen molar-refractivity contribution in [2.75, 3.05) is 13.1 Å². The fourth-order valence-electron chi connectivity index (χ4n) is 3.03. The summed E-state index contributed by atoms with van der Waals surface area (Å²) >= 11 is 0. The number of piperazine rings is 1. The molecule has 0 radical (unpaired) electrons. The molecule has 0 aromatic rings. The summed E-state index contributed by atoms with van der Waals surface area (Å²) in [6, 6.07) is -0.874. The molecule has 2 amide bonds. The van der Waals surface area contributed by atoms with E-state index in [4.69, 9.17) is 10.8 Å². The molecule has 1 saturated carbocycles. The van der Waals surface area contributed by atoms with Crippen LogP contribution >= 0.6 is 0 Å². The Morgan fingerprint density at radius 3 is 2.80 bits per heavy atom. The van der Waals surface area contributed by atoms with Crippen molar-refractivity contribution < 1.29 is 19.5 Å². The van der Waals surface area contributed by atoms with E-state index < -0.39 is 12.0 Å². The first-order valence-electron chi connectivity index (χ1n) is 7.04. The monoisotopic (exact) mass is 283 g/mol. The number of carboxylic acid groups (broad SMARTS) is 1. The Kier molecular flexibility index (Phi) is 4.59. The van der Waals surface area contributed by atoms with E-state index in [1.165, 1.54) is 4.90 Å². The fraction of sp³-hybridized carbons (Fsp3) is 0.769. The van der Waals surface area contributed by atoms with Crippen molar-refractivity contribution >= 4 is 17.8 Å². The van der Waals surface area contributed by atoms with Crippen molar-refractivity contribution in [2.24, 2.45) is 11.7 Å². The highest BCUT2D eigenvalue weighted by atomic mass is 16.4. The molecule has 0 spiro atoms. The molecule has 20 heavy (non-hydrogen) atoms. The number of carboxylic acids is 1. The largest absolute Gasteiger partial charge is 0.481 e. The van der Waals surface area contributed by atoms with E-state index in [-0.39, 0.29) is 30.2 Å². The van der Waals surface area contributed by atoms with Crippen LogP contribution in [-0.4, -0.2) is 53.0 Å². The van der Waals surface area contributed by atoms with E-state index in [0.29, 0.717) is 19.5 Å². The van der Waals surface area contributed by atoms with Crippen LogP contribution in [0.1, 0.15) is 32.1 Å². The first-order chi connectivity index (χ1) is 9.49. The van der Waals surface area contributed by atoms with Crippen LogP contribution in [0.15, 0.2) is 0 Å². The lowest BCUT2D eigenvalue weighted by Gasteiger charge is -2.38. The summed E-state index contributed by atoms with van der Waals surface area (Å²) in [6.07, 6.45) is 2.86. The molecule has 2 fully saturated rings. The molecule has 0 aromatic carbocycles.